The van der Waals surface area contributed by atoms with Gasteiger partial charge in [0.2, 0.25) is 0 Å². The summed E-state index contributed by atoms with van der Waals surface area (Å²) in [4.78, 5) is 8.32. The molecule has 0 saturated carbocycles. The number of rotatable bonds is 5. The number of hydrogen-bond donors (Lipinski definition) is 1. The molecule has 1 heterocycles. The molecule has 0 spiro atoms. The van der Waals surface area contributed by atoms with E-state index in [1.807, 2.05) is 12.3 Å². The minimum absolute atomic E-state index is 0.185. The zero-order valence-electron chi connectivity index (χ0n) is 10.4. The highest BCUT2D eigenvalue weighted by Gasteiger charge is 2.03. The number of nitrogens with zero attached hydrogens (tertiary/aromatic N) is 2. The van der Waals surface area contributed by atoms with Crippen molar-refractivity contribution in [3.8, 4) is 0 Å². The van der Waals surface area contributed by atoms with Gasteiger partial charge in [-0.1, -0.05) is 41.6 Å². The van der Waals surface area contributed by atoms with Crippen LogP contribution in [0.1, 0.15) is 5.56 Å². The lowest BCUT2D eigenvalue weighted by molar-refractivity contribution is 0.610. The Morgan fingerprint density at radius 3 is 2.84 bits per heavy atom. The molecule has 0 aliphatic heterocycles. The van der Waals surface area contributed by atoms with E-state index in [1.165, 1.54) is 17.8 Å². The molecule has 100 valence electrons. The summed E-state index contributed by atoms with van der Waals surface area (Å²) in [5.41, 5.74) is 0.681. The van der Waals surface area contributed by atoms with E-state index in [0.717, 1.165) is 0 Å². The van der Waals surface area contributed by atoms with Gasteiger partial charge in [-0.05, 0) is 24.3 Å². The van der Waals surface area contributed by atoms with Crippen LogP contribution >= 0.6 is 23.4 Å². The molecule has 19 heavy (non-hydrogen) atoms. The van der Waals surface area contributed by atoms with Gasteiger partial charge in [0.1, 0.15) is 16.8 Å². The second-order valence-electron chi connectivity index (χ2n) is 3.83. The van der Waals surface area contributed by atoms with E-state index >= 15 is 0 Å². The first-order valence-electron chi connectivity index (χ1n) is 5.75. The Labute approximate surface area is 120 Å². The van der Waals surface area contributed by atoms with Crippen LogP contribution < -0.4 is 5.32 Å². The normalized spacial score (nSPS) is 10.5. The second kappa shape index (κ2) is 6.73. The number of aromatic nitrogens is 2. The smallest absolute Gasteiger partial charge is 0.190 e. The van der Waals surface area contributed by atoms with Crippen molar-refractivity contribution in [2.45, 2.75) is 11.6 Å². The highest BCUT2D eigenvalue weighted by atomic mass is 35.5. The third kappa shape index (κ3) is 4.08. The van der Waals surface area contributed by atoms with Crippen molar-refractivity contribution in [1.82, 2.24) is 9.97 Å². The first kappa shape index (κ1) is 14.1. The lowest BCUT2D eigenvalue weighted by Crippen LogP contribution is -2.08. The average molecular weight is 298 g/mol. The maximum atomic E-state index is 13.4. The fourth-order valence-electron chi connectivity index (χ4n) is 1.61. The van der Waals surface area contributed by atoms with Crippen LogP contribution in [-0.2, 0) is 6.42 Å². The van der Waals surface area contributed by atoms with Crippen LogP contribution in [0, 0.1) is 5.82 Å². The highest BCUT2D eigenvalue weighted by molar-refractivity contribution is 7.98. The fraction of sp³-hybridized carbons (Fsp3) is 0.231. The molecule has 0 atom stereocenters. The number of benzene rings is 1. The Morgan fingerprint density at radius 2 is 2.11 bits per heavy atom. The SMILES string of the molecule is CSc1nc(Cl)cc(NCCc2ccccc2F)n1. The van der Waals surface area contributed by atoms with Crippen molar-refractivity contribution >= 4 is 29.2 Å². The Hall–Kier alpha value is -1.33. The first-order valence-corrected chi connectivity index (χ1v) is 7.35. The van der Waals surface area contributed by atoms with E-state index in [1.54, 1.807) is 18.2 Å². The summed E-state index contributed by atoms with van der Waals surface area (Å²) in [5.74, 6) is 0.468. The Bertz CT molecular complexity index is 565. The topological polar surface area (TPSA) is 37.8 Å². The van der Waals surface area contributed by atoms with Crippen LogP contribution in [0.3, 0.4) is 0 Å². The van der Waals surface area contributed by atoms with E-state index < -0.39 is 0 Å². The molecule has 0 amide bonds. The van der Waals surface area contributed by atoms with Crippen LogP contribution in [0.25, 0.3) is 0 Å². The lowest BCUT2D eigenvalue weighted by atomic mass is 10.1. The summed E-state index contributed by atoms with van der Waals surface area (Å²) in [6, 6.07) is 8.40. The van der Waals surface area contributed by atoms with Gasteiger partial charge in [0.25, 0.3) is 0 Å². The summed E-state index contributed by atoms with van der Waals surface area (Å²) < 4.78 is 13.4. The zero-order valence-corrected chi connectivity index (χ0v) is 11.9. The standard InChI is InChI=1S/C13H13ClFN3S/c1-19-13-17-11(14)8-12(18-13)16-7-6-9-4-2-3-5-10(9)15/h2-5,8H,6-7H2,1H3,(H,16,17,18). The first-order chi connectivity index (χ1) is 9.19. The van der Waals surface area contributed by atoms with Crippen LogP contribution in [0.2, 0.25) is 5.15 Å². The number of halogens is 2. The Balaban J connectivity index is 1.96. The van der Waals surface area contributed by atoms with Crippen molar-refractivity contribution in [2.75, 3.05) is 18.1 Å². The summed E-state index contributed by atoms with van der Waals surface area (Å²) >= 11 is 7.31. The number of nitrogens with one attached hydrogen (secondary N) is 1. The van der Waals surface area contributed by atoms with Gasteiger partial charge >= 0.3 is 0 Å². The molecule has 1 N–H and O–H groups in total. The molecule has 2 rings (SSSR count). The van der Waals surface area contributed by atoms with Crippen molar-refractivity contribution in [3.63, 3.8) is 0 Å². The third-order valence-electron chi connectivity index (χ3n) is 2.52. The molecule has 6 heteroatoms. The van der Waals surface area contributed by atoms with Gasteiger partial charge in [-0.25, -0.2) is 14.4 Å². The Morgan fingerprint density at radius 1 is 1.32 bits per heavy atom. The van der Waals surface area contributed by atoms with Crippen molar-refractivity contribution in [1.29, 1.82) is 0 Å². The molecule has 0 saturated heterocycles. The third-order valence-corrected chi connectivity index (χ3v) is 3.26. The lowest BCUT2D eigenvalue weighted by Gasteiger charge is -2.07. The molecule has 0 radical (unpaired) electrons. The Kier molecular flexibility index (Phi) is 4.99. The minimum Gasteiger partial charge on any atom is -0.370 e. The minimum atomic E-state index is -0.185. The molecule has 0 aliphatic carbocycles. The maximum Gasteiger partial charge on any atom is 0.190 e. The van der Waals surface area contributed by atoms with Crippen LogP contribution in [-0.4, -0.2) is 22.8 Å². The van der Waals surface area contributed by atoms with Gasteiger partial charge in [0.05, 0.1) is 0 Å². The predicted molar refractivity (Wildman–Crippen MR) is 77.4 cm³/mol. The summed E-state index contributed by atoms with van der Waals surface area (Å²) in [5, 5.41) is 4.13. The van der Waals surface area contributed by atoms with E-state index in [-0.39, 0.29) is 5.82 Å². The second-order valence-corrected chi connectivity index (χ2v) is 4.99. The van der Waals surface area contributed by atoms with Gasteiger partial charge in [0, 0.05) is 12.6 Å². The molecule has 3 nitrogen and oxygen atoms in total. The largest absolute Gasteiger partial charge is 0.370 e. The average Bonchev–Trinajstić information content (AvgIpc) is 2.40. The molecule has 2 aromatic rings. The van der Waals surface area contributed by atoms with E-state index in [2.05, 4.69) is 15.3 Å². The number of hydrogen-bond acceptors (Lipinski definition) is 4. The molecule has 1 aromatic carbocycles. The molecular formula is C13H13ClFN3S. The molecule has 0 fully saturated rings. The van der Waals surface area contributed by atoms with Crippen LogP contribution in [0.15, 0.2) is 35.5 Å². The predicted octanol–water partition coefficient (Wildman–Crippen LogP) is 3.65. The van der Waals surface area contributed by atoms with E-state index in [9.17, 15) is 4.39 Å². The van der Waals surface area contributed by atoms with Gasteiger partial charge in [-0.3, -0.25) is 0 Å². The fourth-order valence-corrected chi connectivity index (χ4v) is 2.22. The van der Waals surface area contributed by atoms with Gasteiger partial charge in [-0.15, -0.1) is 0 Å². The summed E-state index contributed by atoms with van der Waals surface area (Å²) in [6.45, 7) is 0.585. The maximum absolute atomic E-state index is 13.4. The molecule has 1 aromatic heterocycles. The molecular weight excluding hydrogens is 285 g/mol. The van der Waals surface area contributed by atoms with Gasteiger partial charge < -0.3 is 5.32 Å². The quantitative estimate of drug-likeness (QED) is 0.519. The van der Waals surface area contributed by atoms with Crippen LogP contribution in [0.5, 0.6) is 0 Å². The zero-order chi connectivity index (χ0) is 13.7. The van der Waals surface area contributed by atoms with E-state index in [0.29, 0.717) is 34.7 Å². The summed E-state index contributed by atoms with van der Waals surface area (Å²) in [6.07, 6.45) is 2.47. The number of anilines is 1. The highest BCUT2D eigenvalue weighted by Crippen LogP contribution is 2.17. The van der Waals surface area contributed by atoms with E-state index in [4.69, 9.17) is 11.6 Å². The summed E-state index contributed by atoms with van der Waals surface area (Å²) in [7, 11) is 0. The number of thioether (sulfide) groups is 1. The van der Waals surface area contributed by atoms with Crippen molar-refractivity contribution in [3.05, 3.63) is 46.9 Å². The molecule has 0 aliphatic rings. The van der Waals surface area contributed by atoms with Crippen LogP contribution in [0.4, 0.5) is 10.2 Å². The van der Waals surface area contributed by atoms with Crippen molar-refractivity contribution < 1.29 is 4.39 Å². The van der Waals surface area contributed by atoms with Gasteiger partial charge in [-0.2, -0.15) is 0 Å². The monoisotopic (exact) mass is 297 g/mol. The van der Waals surface area contributed by atoms with Crippen molar-refractivity contribution in [2.24, 2.45) is 0 Å². The molecule has 0 unspecified atom stereocenters. The molecule has 0 bridgehead atoms. The van der Waals surface area contributed by atoms with Gasteiger partial charge in [0.15, 0.2) is 5.16 Å².